The minimum Gasteiger partial charge on any atom is -0.496 e. The SMILES string of the molecule is COC(=O)C(COc1ccc(-c2sc3cc(C)ccc3c2Cc2ccc(CN3CCCC3)c(OC)c2)cc1)NC(c1ccccc1)(c1ccccc1)c1ccccc1. The molecule has 7 heteroatoms. The molecule has 0 aliphatic carbocycles. The highest BCUT2D eigenvalue weighted by Crippen LogP contribution is 2.42. The van der Waals surface area contributed by atoms with Crippen molar-refractivity contribution in [1.29, 1.82) is 0 Å². The molecule has 58 heavy (non-hydrogen) atoms. The summed E-state index contributed by atoms with van der Waals surface area (Å²) in [5.74, 6) is 1.21. The van der Waals surface area contributed by atoms with E-state index in [0.29, 0.717) is 5.75 Å². The summed E-state index contributed by atoms with van der Waals surface area (Å²) in [5.41, 5.74) is 8.25. The first-order valence-electron chi connectivity index (χ1n) is 20.1. The second-order valence-electron chi connectivity index (χ2n) is 15.1. The van der Waals surface area contributed by atoms with E-state index in [2.05, 4.69) is 102 Å². The predicted octanol–water partition coefficient (Wildman–Crippen LogP) is 10.6. The number of thiophene rings is 1. The van der Waals surface area contributed by atoms with Crippen LogP contribution < -0.4 is 14.8 Å². The molecule has 7 aromatic rings. The molecule has 0 bridgehead atoms. The van der Waals surface area contributed by atoms with Crippen molar-refractivity contribution in [3.8, 4) is 21.9 Å². The highest BCUT2D eigenvalue weighted by molar-refractivity contribution is 7.22. The zero-order valence-electron chi connectivity index (χ0n) is 33.4. The van der Waals surface area contributed by atoms with Crippen molar-refractivity contribution in [2.24, 2.45) is 0 Å². The van der Waals surface area contributed by atoms with Crippen molar-refractivity contribution in [2.45, 2.75) is 44.3 Å². The van der Waals surface area contributed by atoms with Gasteiger partial charge < -0.3 is 14.2 Å². The average Bonchev–Trinajstić information content (AvgIpc) is 3.92. The number of fused-ring (bicyclic) bond motifs is 1. The summed E-state index contributed by atoms with van der Waals surface area (Å²) >= 11 is 1.83. The van der Waals surface area contributed by atoms with Gasteiger partial charge in [0.1, 0.15) is 24.1 Å². The number of aryl methyl sites for hydroxylation is 1. The highest BCUT2D eigenvalue weighted by Gasteiger charge is 2.40. The second-order valence-corrected chi connectivity index (χ2v) is 16.2. The Labute approximate surface area is 346 Å². The number of benzene rings is 6. The van der Waals surface area contributed by atoms with Crippen LogP contribution in [0.1, 0.15) is 51.8 Å². The van der Waals surface area contributed by atoms with Gasteiger partial charge in [-0.2, -0.15) is 0 Å². The fourth-order valence-electron chi connectivity index (χ4n) is 8.35. The molecule has 0 saturated carbocycles. The summed E-state index contributed by atoms with van der Waals surface area (Å²) in [6.07, 6.45) is 3.33. The van der Waals surface area contributed by atoms with Crippen molar-refractivity contribution in [3.63, 3.8) is 0 Å². The molecule has 1 fully saturated rings. The Morgan fingerprint density at radius 2 is 1.38 bits per heavy atom. The van der Waals surface area contributed by atoms with Crippen LogP contribution in [-0.2, 0) is 28.0 Å². The molecule has 0 radical (unpaired) electrons. The van der Waals surface area contributed by atoms with E-state index in [1.165, 1.54) is 57.2 Å². The first-order chi connectivity index (χ1) is 28.4. The molecule has 1 aliphatic heterocycles. The topological polar surface area (TPSA) is 60.0 Å². The summed E-state index contributed by atoms with van der Waals surface area (Å²) in [6, 6.07) is 51.6. The Bertz CT molecular complexity index is 2350. The molecule has 1 atom stereocenters. The molecule has 1 aliphatic rings. The number of likely N-dealkylation sites (tertiary alicyclic amines) is 1. The van der Waals surface area contributed by atoms with Crippen molar-refractivity contribution >= 4 is 27.4 Å². The fourth-order valence-corrected chi connectivity index (χ4v) is 9.68. The second kappa shape index (κ2) is 17.8. The van der Waals surface area contributed by atoms with Gasteiger partial charge in [-0.3, -0.25) is 15.0 Å². The molecule has 2 heterocycles. The van der Waals surface area contributed by atoms with Crippen LogP contribution in [0.25, 0.3) is 20.5 Å². The maximum atomic E-state index is 13.6. The van der Waals surface area contributed by atoms with Gasteiger partial charge in [-0.15, -0.1) is 11.3 Å². The van der Waals surface area contributed by atoms with Crippen molar-refractivity contribution in [2.75, 3.05) is 33.9 Å². The van der Waals surface area contributed by atoms with E-state index in [-0.39, 0.29) is 6.61 Å². The van der Waals surface area contributed by atoms with Gasteiger partial charge in [0.15, 0.2) is 0 Å². The van der Waals surface area contributed by atoms with E-state index in [1.807, 2.05) is 78.1 Å². The highest BCUT2D eigenvalue weighted by atomic mass is 32.1. The van der Waals surface area contributed by atoms with Crippen LogP contribution in [-0.4, -0.2) is 50.8 Å². The zero-order valence-corrected chi connectivity index (χ0v) is 34.3. The monoisotopic (exact) mass is 786 g/mol. The number of carbonyl (C=O) groups is 1. The Morgan fingerprint density at radius 3 is 1.97 bits per heavy atom. The lowest BCUT2D eigenvalue weighted by molar-refractivity contribution is -0.144. The minimum absolute atomic E-state index is 0.0588. The maximum Gasteiger partial charge on any atom is 0.326 e. The minimum atomic E-state index is -0.871. The van der Waals surface area contributed by atoms with Gasteiger partial charge in [0.25, 0.3) is 0 Å². The van der Waals surface area contributed by atoms with Crippen molar-refractivity contribution in [1.82, 2.24) is 10.2 Å². The summed E-state index contributed by atoms with van der Waals surface area (Å²) in [5, 5.41) is 5.02. The van der Waals surface area contributed by atoms with Gasteiger partial charge in [0, 0.05) is 21.7 Å². The van der Waals surface area contributed by atoms with Crippen molar-refractivity contribution in [3.05, 3.63) is 191 Å². The summed E-state index contributed by atoms with van der Waals surface area (Å²) < 4.78 is 19.0. The van der Waals surface area contributed by atoms with Gasteiger partial charge in [0.05, 0.1) is 19.8 Å². The molecule has 294 valence electrons. The molecule has 1 unspecified atom stereocenters. The molecule has 0 spiro atoms. The molecule has 8 rings (SSSR count). The summed E-state index contributed by atoms with van der Waals surface area (Å²) in [6.45, 7) is 5.43. The third-order valence-corrected chi connectivity index (χ3v) is 12.5. The van der Waals surface area contributed by atoms with Crippen LogP contribution in [0.2, 0.25) is 0 Å². The van der Waals surface area contributed by atoms with Crippen LogP contribution in [0.5, 0.6) is 11.5 Å². The lowest BCUT2D eigenvalue weighted by Gasteiger charge is -2.39. The number of esters is 1. The third kappa shape index (κ3) is 8.30. The van der Waals surface area contributed by atoms with Crippen LogP contribution in [0.15, 0.2) is 152 Å². The maximum absolute atomic E-state index is 13.6. The van der Waals surface area contributed by atoms with E-state index in [0.717, 1.165) is 54.1 Å². The van der Waals surface area contributed by atoms with Gasteiger partial charge in [0.2, 0.25) is 0 Å². The van der Waals surface area contributed by atoms with Gasteiger partial charge in [-0.1, -0.05) is 115 Å². The van der Waals surface area contributed by atoms with Crippen molar-refractivity contribution < 1.29 is 19.0 Å². The zero-order chi connectivity index (χ0) is 39.9. The predicted molar refractivity (Wildman–Crippen MR) is 236 cm³/mol. The van der Waals surface area contributed by atoms with E-state index in [4.69, 9.17) is 14.2 Å². The largest absolute Gasteiger partial charge is 0.496 e. The number of ether oxygens (including phenoxy) is 3. The normalized spacial score (nSPS) is 13.7. The molecule has 1 N–H and O–H groups in total. The average molecular weight is 787 g/mol. The Kier molecular flexibility index (Phi) is 12.0. The molecule has 6 nitrogen and oxygen atoms in total. The first kappa shape index (κ1) is 39.1. The molecular formula is C51H50N2O4S. The number of methoxy groups -OCH3 is 2. The van der Waals surface area contributed by atoms with Gasteiger partial charge in [-0.25, -0.2) is 0 Å². The third-order valence-electron chi connectivity index (χ3n) is 11.3. The molecule has 1 aromatic heterocycles. The summed E-state index contributed by atoms with van der Waals surface area (Å²) in [7, 11) is 3.20. The Hall–Kier alpha value is -5.73. The van der Waals surface area contributed by atoms with E-state index >= 15 is 0 Å². The van der Waals surface area contributed by atoms with Crippen LogP contribution in [0, 0.1) is 6.92 Å². The van der Waals surface area contributed by atoms with Gasteiger partial charge in [-0.05, 0) is 120 Å². The Morgan fingerprint density at radius 1 is 0.759 bits per heavy atom. The smallest absolute Gasteiger partial charge is 0.326 e. The number of nitrogens with one attached hydrogen (secondary N) is 1. The number of hydrogen-bond donors (Lipinski definition) is 1. The van der Waals surface area contributed by atoms with Gasteiger partial charge >= 0.3 is 5.97 Å². The number of carbonyl (C=O) groups excluding carboxylic acids is 1. The lowest BCUT2D eigenvalue weighted by Crippen LogP contribution is -2.55. The molecule has 0 amide bonds. The van der Waals surface area contributed by atoms with Crippen LogP contribution in [0.3, 0.4) is 0 Å². The molecule has 1 saturated heterocycles. The Balaban J connectivity index is 1.07. The number of hydrogen-bond acceptors (Lipinski definition) is 7. The van der Waals surface area contributed by atoms with E-state index in [9.17, 15) is 4.79 Å². The van der Waals surface area contributed by atoms with Crippen LogP contribution in [0.4, 0.5) is 0 Å². The first-order valence-corrected chi connectivity index (χ1v) is 20.9. The summed E-state index contributed by atoms with van der Waals surface area (Å²) in [4.78, 5) is 17.4. The van der Waals surface area contributed by atoms with Crippen LogP contribution >= 0.6 is 11.3 Å². The van der Waals surface area contributed by atoms with E-state index in [1.54, 1.807) is 7.11 Å². The quantitative estimate of drug-likeness (QED) is 0.0825. The molecular weight excluding hydrogens is 737 g/mol. The number of nitrogens with zero attached hydrogens (tertiary/aromatic N) is 1. The number of rotatable bonds is 15. The molecule has 6 aromatic carbocycles. The lowest BCUT2D eigenvalue weighted by atomic mass is 9.76. The van der Waals surface area contributed by atoms with E-state index < -0.39 is 17.6 Å². The fraction of sp³-hybridized carbons (Fsp3) is 0.235. The standard InChI is InChI=1S/C51H50N2O4S/c1-36-21-28-44-45(32-37-22-23-39(47(33-37)55-2)34-53-29-13-14-30-53)49(58-48(44)31-36)38-24-26-43(27-25-38)57-35-46(50(54)56-3)52-51(40-15-7-4-8-16-40,41-17-9-5-10-18-41)42-19-11-6-12-20-42/h4-12,15-28,31,33,46,52H,13-14,29-30,32,34-35H2,1-3H3.